The van der Waals surface area contributed by atoms with Gasteiger partial charge in [-0.05, 0) is 30.7 Å². The maximum absolute atomic E-state index is 9.54. The van der Waals surface area contributed by atoms with Gasteiger partial charge in [0, 0.05) is 0 Å². The molecule has 2 rings (SSSR count). The molecule has 1 nitrogen and oxygen atoms in total. The molecule has 1 N–H and O–H groups in total. The predicted molar refractivity (Wildman–Crippen MR) is 53.7 cm³/mol. The standard InChI is InChI=1S/C12H16O/c13-12-8-4-7-11(9-12)10-5-2-1-3-6-10/h1-3,5-6,11-13H,4,7-9H2/t11?,12-/m1/s1. The Morgan fingerprint density at radius 1 is 1.08 bits per heavy atom. The van der Waals surface area contributed by atoms with Crippen molar-refractivity contribution in [1.82, 2.24) is 0 Å². The molecule has 1 aliphatic rings. The lowest BCUT2D eigenvalue weighted by Crippen LogP contribution is -2.17. The van der Waals surface area contributed by atoms with Gasteiger partial charge in [0.25, 0.3) is 0 Å². The van der Waals surface area contributed by atoms with Crippen LogP contribution in [-0.2, 0) is 0 Å². The van der Waals surface area contributed by atoms with Crippen LogP contribution in [0.1, 0.15) is 37.2 Å². The zero-order valence-electron chi connectivity index (χ0n) is 7.82. The first-order chi connectivity index (χ1) is 6.36. The molecule has 1 heteroatoms. The molecule has 1 unspecified atom stereocenters. The maximum Gasteiger partial charge on any atom is 0.0546 e. The van der Waals surface area contributed by atoms with Crippen molar-refractivity contribution in [2.75, 3.05) is 0 Å². The summed E-state index contributed by atoms with van der Waals surface area (Å²) in [6.45, 7) is 0. The summed E-state index contributed by atoms with van der Waals surface area (Å²) in [5, 5.41) is 9.54. The summed E-state index contributed by atoms with van der Waals surface area (Å²) in [6.07, 6.45) is 4.27. The van der Waals surface area contributed by atoms with E-state index in [1.165, 1.54) is 18.4 Å². The average Bonchev–Trinajstić information content (AvgIpc) is 2.19. The Morgan fingerprint density at radius 2 is 1.85 bits per heavy atom. The molecule has 1 fully saturated rings. The minimum absolute atomic E-state index is 0.0704. The van der Waals surface area contributed by atoms with Crippen molar-refractivity contribution in [3.8, 4) is 0 Å². The summed E-state index contributed by atoms with van der Waals surface area (Å²) < 4.78 is 0. The van der Waals surface area contributed by atoms with Crippen LogP contribution in [-0.4, -0.2) is 11.2 Å². The van der Waals surface area contributed by atoms with Gasteiger partial charge >= 0.3 is 0 Å². The topological polar surface area (TPSA) is 20.2 Å². The van der Waals surface area contributed by atoms with Crippen molar-refractivity contribution in [3.05, 3.63) is 35.9 Å². The van der Waals surface area contributed by atoms with Crippen molar-refractivity contribution in [1.29, 1.82) is 0 Å². The molecule has 1 aromatic rings. The van der Waals surface area contributed by atoms with Crippen LogP contribution in [0, 0.1) is 0 Å². The van der Waals surface area contributed by atoms with E-state index in [1.54, 1.807) is 0 Å². The summed E-state index contributed by atoms with van der Waals surface area (Å²) in [6, 6.07) is 10.5. The number of rotatable bonds is 1. The fourth-order valence-corrected chi connectivity index (χ4v) is 2.19. The third-order valence-corrected chi connectivity index (χ3v) is 2.92. The summed E-state index contributed by atoms with van der Waals surface area (Å²) in [4.78, 5) is 0. The summed E-state index contributed by atoms with van der Waals surface area (Å²) in [7, 11) is 0. The second kappa shape index (κ2) is 3.93. The quantitative estimate of drug-likeness (QED) is 0.697. The third kappa shape index (κ3) is 2.10. The maximum atomic E-state index is 9.54. The Morgan fingerprint density at radius 3 is 2.54 bits per heavy atom. The Bertz CT molecular complexity index is 255. The highest BCUT2D eigenvalue weighted by Crippen LogP contribution is 2.32. The van der Waals surface area contributed by atoms with E-state index in [0.29, 0.717) is 5.92 Å². The molecule has 0 spiro atoms. The monoisotopic (exact) mass is 176 g/mol. The van der Waals surface area contributed by atoms with Crippen LogP contribution >= 0.6 is 0 Å². The molecule has 1 aliphatic carbocycles. The lowest BCUT2D eigenvalue weighted by Gasteiger charge is -2.25. The van der Waals surface area contributed by atoms with E-state index in [0.717, 1.165) is 12.8 Å². The summed E-state index contributed by atoms with van der Waals surface area (Å²) >= 11 is 0. The number of aliphatic hydroxyl groups is 1. The molecule has 13 heavy (non-hydrogen) atoms. The van der Waals surface area contributed by atoms with E-state index >= 15 is 0 Å². The van der Waals surface area contributed by atoms with Gasteiger partial charge in [-0.25, -0.2) is 0 Å². The number of aliphatic hydroxyl groups excluding tert-OH is 1. The first kappa shape index (κ1) is 8.76. The van der Waals surface area contributed by atoms with Gasteiger partial charge in [-0.15, -0.1) is 0 Å². The molecule has 0 radical (unpaired) electrons. The normalized spacial score (nSPS) is 28.7. The molecular weight excluding hydrogens is 160 g/mol. The first-order valence-electron chi connectivity index (χ1n) is 5.09. The predicted octanol–water partition coefficient (Wildman–Crippen LogP) is 2.71. The molecule has 0 bridgehead atoms. The lowest BCUT2D eigenvalue weighted by molar-refractivity contribution is 0.119. The fraction of sp³-hybridized carbons (Fsp3) is 0.500. The van der Waals surface area contributed by atoms with Crippen molar-refractivity contribution in [2.24, 2.45) is 0 Å². The van der Waals surface area contributed by atoms with Crippen LogP contribution in [0.3, 0.4) is 0 Å². The van der Waals surface area contributed by atoms with Crippen LogP contribution in [0.4, 0.5) is 0 Å². The number of hydrogen-bond donors (Lipinski definition) is 1. The SMILES string of the molecule is O[C@@H]1CCCC(c2ccccc2)C1. The van der Waals surface area contributed by atoms with Crippen LogP contribution in [0.5, 0.6) is 0 Å². The van der Waals surface area contributed by atoms with Crippen molar-refractivity contribution in [2.45, 2.75) is 37.7 Å². The number of hydrogen-bond acceptors (Lipinski definition) is 1. The molecule has 70 valence electrons. The van der Waals surface area contributed by atoms with Gasteiger partial charge < -0.3 is 5.11 Å². The van der Waals surface area contributed by atoms with Crippen molar-refractivity contribution >= 4 is 0 Å². The molecule has 0 aromatic heterocycles. The van der Waals surface area contributed by atoms with Gasteiger partial charge in [-0.2, -0.15) is 0 Å². The minimum atomic E-state index is -0.0704. The van der Waals surface area contributed by atoms with Gasteiger partial charge in [-0.1, -0.05) is 36.8 Å². The molecule has 1 saturated carbocycles. The molecule has 0 aliphatic heterocycles. The zero-order chi connectivity index (χ0) is 9.10. The Balaban J connectivity index is 2.08. The second-order valence-electron chi connectivity index (χ2n) is 3.93. The van der Waals surface area contributed by atoms with E-state index in [4.69, 9.17) is 0 Å². The van der Waals surface area contributed by atoms with Crippen LogP contribution in [0.25, 0.3) is 0 Å². The van der Waals surface area contributed by atoms with Gasteiger partial charge in [0.1, 0.15) is 0 Å². The van der Waals surface area contributed by atoms with E-state index in [9.17, 15) is 5.11 Å². The highest BCUT2D eigenvalue weighted by Gasteiger charge is 2.20. The van der Waals surface area contributed by atoms with E-state index < -0.39 is 0 Å². The van der Waals surface area contributed by atoms with Crippen LogP contribution < -0.4 is 0 Å². The van der Waals surface area contributed by atoms with Crippen LogP contribution in [0.15, 0.2) is 30.3 Å². The second-order valence-corrected chi connectivity index (χ2v) is 3.93. The van der Waals surface area contributed by atoms with Crippen LogP contribution in [0.2, 0.25) is 0 Å². The zero-order valence-corrected chi connectivity index (χ0v) is 7.82. The van der Waals surface area contributed by atoms with Crippen molar-refractivity contribution < 1.29 is 5.11 Å². The highest BCUT2D eigenvalue weighted by molar-refractivity contribution is 5.20. The van der Waals surface area contributed by atoms with E-state index in [-0.39, 0.29) is 6.10 Å². The van der Waals surface area contributed by atoms with Crippen molar-refractivity contribution in [3.63, 3.8) is 0 Å². The Hall–Kier alpha value is -0.820. The Labute approximate surface area is 79.4 Å². The van der Waals surface area contributed by atoms with E-state index in [1.807, 2.05) is 6.07 Å². The fourth-order valence-electron chi connectivity index (χ4n) is 2.19. The third-order valence-electron chi connectivity index (χ3n) is 2.92. The van der Waals surface area contributed by atoms with Gasteiger partial charge in [-0.3, -0.25) is 0 Å². The summed E-state index contributed by atoms with van der Waals surface area (Å²) in [5.41, 5.74) is 1.39. The largest absolute Gasteiger partial charge is 0.393 e. The smallest absolute Gasteiger partial charge is 0.0546 e. The lowest BCUT2D eigenvalue weighted by atomic mass is 9.83. The highest BCUT2D eigenvalue weighted by atomic mass is 16.3. The molecule has 0 saturated heterocycles. The molecular formula is C12H16O. The Kier molecular flexibility index (Phi) is 2.65. The molecule has 0 heterocycles. The van der Waals surface area contributed by atoms with E-state index in [2.05, 4.69) is 24.3 Å². The average molecular weight is 176 g/mol. The minimum Gasteiger partial charge on any atom is -0.393 e. The number of benzene rings is 1. The molecule has 2 atom stereocenters. The van der Waals surface area contributed by atoms with Gasteiger partial charge in [0.05, 0.1) is 6.10 Å². The molecule has 0 amide bonds. The summed E-state index contributed by atoms with van der Waals surface area (Å²) in [5.74, 6) is 0.588. The first-order valence-corrected chi connectivity index (χ1v) is 5.09. The molecule has 1 aromatic carbocycles. The van der Waals surface area contributed by atoms with Gasteiger partial charge in [0.2, 0.25) is 0 Å². The van der Waals surface area contributed by atoms with Gasteiger partial charge in [0.15, 0.2) is 0 Å².